The van der Waals surface area contributed by atoms with Crippen LogP contribution in [-0.4, -0.2) is 8.42 Å². The molecule has 0 aliphatic rings. The second-order valence-electron chi connectivity index (χ2n) is 4.29. The second kappa shape index (κ2) is 6.40. The van der Waals surface area contributed by atoms with E-state index in [-0.39, 0.29) is 4.21 Å². The minimum absolute atomic E-state index is 0.253. The number of nitrogens with one attached hydrogen (secondary N) is 1. The van der Waals surface area contributed by atoms with E-state index < -0.39 is 10.0 Å². The third-order valence-electron chi connectivity index (χ3n) is 2.72. The zero-order chi connectivity index (χ0) is 15.6. The monoisotopic (exact) mass is 402 g/mol. The lowest BCUT2D eigenvalue weighted by molar-refractivity contribution is 0.603. The molecule has 1 heterocycles. The molecule has 1 aromatic carbocycles. The second-order valence-corrected chi connectivity index (χ2v) is 9.52. The predicted octanol–water partition coefficient (Wildman–Crippen LogP) is 4.50. The van der Waals surface area contributed by atoms with Crippen LogP contribution in [0.3, 0.4) is 0 Å². The molecule has 4 nitrogen and oxygen atoms in total. The SMILES string of the molecule is Cc1cc(SC#N)cc(C)c1NS(=O)(=O)c1ccc(Br)s1. The van der Waals surface area contributed by atoms with Gasteiger partial charge in [0.15, 0.2) is 0 Å². The number of nitrogens with zero attached hydrogens (tertiary/aromatic N) is 1. The molecule has 0 saturated heterocycles. The fourth-order valence-electron chi connectivity index (χ4n) is 1.82. The average Bonchev–Trinajstić information content (AvgIpc) is 2.82. The molecular weight excluding hydrogens is 392 g/mol. The maximum Gasteiger partial charge on any atom is 0.271 e. The number of sulfonamides is 1. The van der Waals surface area contributed by atoms with E-state index in [4.69, 9.17) is 5.26 Å². The number of thiocyanates is 1. The number of benzene rings is 1. The Morgan fingerprint density at radius 2 is 1.90 bits per heavy atom. The Hall–Kier alpha value is -1.01. The van der Waals surface area contributed by atoms with Gasteiger partial charge in [0, 0.05) is 4.90 Å². The van der Waals surface area contributed by atoms with Crippen LogP contribution in [0.15, 0.2) is 37.2 Å². The van der Waals surface area contributed by atoms with Crippen molar-refractivity contribution in [3.8, 4) is 5.40 Å². The zero-order valence-corrected chi connectivity index (χ0v) is 15.2. The highest BCUT2D eigenvalue weighted by atomic mass is 79.9. The minimum Gasteiger partial charge on any atom is -0.278 e. The first-order chi connectivity index (χ1) is 9.83. The van der Waals surface area contributed by atoms with Gasteiger partial charge in [-0.05, 0) is 76.9 Å². The lowest BCUT2D eigenvalue weighted by Gasteiger charge is -2.13. The molecule has 0 aliphatic heterocycles. The van der Waals surface area contributed by atoms with Gasteiger partial charge in [0.05, 0.1) is 9.47 Å². The standard InChI is InChI=1S/C13H11BrN2O2S3/c1-8-5-10(19-7-15)6-9(2)13(8)16-21(17,18)12-4-3-11(14)20-12/h3-6,16H,1-2H3. The number of thioether (sulfide) groups is 1. The maximum atomic E-state index is 12.4. The molecule has 21 heavy (non-hydrogen) atoms. The molecule has 0 spiro atoms. The molecule has 110 valence electrons. The molecule has 1 N–H and O–H groups in total. The third-order valence-corrected chi connectivity index (χ3v) is 6.75. The highest BCUT2D eigenvalue weighted by Gasteiger charge is 2.19. The van der Waals surface area contributed by atoms with Crippen LogP contribution in [0.5, 0.6) is 0 Å². The van der Waals surface area contributed by atoms with Gasteiger partial charge in [-0.1, -0.05) is 0 Å². The normalized spacial score (nSPS) is 11.1. The first-order valence-corrected chi connectivity index (χ1v) is 9.70. The summed E-state index contributed by atoms with van der Waals surface area (Å²) >= 11 is 5.47. The van der Waals surface area contributed by atoms with E-state index in [1.54, 1.807) is 24.3 Å². The van der Waals surface area contributed by atoms with Crippen LogP contribution >= 0.6 is 39.0 Å². The summed E-state index contributed by atoms with van der Waals surface area (Å²) in [5, 5.41) is 10.7. The summed E-state index contributed by atoms with van der Waals surface area (Å²) in [4.78, 5) is 0.800. The summed E-state index contributed by atoms with van der Waals surface area (Å²) in [5.41, 5.74) is 2.13. The smallest absolute Gasteiger partial charge is 0.271 e. The molecule has 0 bridgehead atoms. The molecule has 8 heteroatoms. The van der Waals surface area contributed by atoms with Crippen LogP contribution < -0.4 is 4.72 Å². The predicted molar refractivity (Wildman–Crippen MR) is 90.2 cm³/mol. The van der Waals surface area contributed by atoms with Crippen molar-refractivity contribution in [3.05, 3.63) is 39.2 Å². The topological polar surface area (TPSA) is 70.0 Å². The van der Waals surface area contributed by atoms with Crippen LogP contribution in [0, 0.1) is 24.5 Å². The van der Waals surface area contributed by atoms with Crippen molar-refractivity contribution in [3.63, 3.8) is 0 Å². The summed E-state index contributed by atoms with van der Waals surface area (Å²) < 4.78 is 28.3. The van der Waals surface area contributed by atoms with E-state index in [1.807, 2.05) is 19.2 Å². The number of thiophene rings is 1. The Kier molecular flexibility index (Phi) is 4.99. The molecule has 2 aromatic rings. The van der Waals surface area contributed by atoms with Gasteiger partial charge in [-0.3, -0.25) is 4.72 Å². The van der Waals surface area contributed by atoms with Gasteiger partial charge in [-0.2, -0.15) is 5.26 Å². The van der Waals surface area contributed by atoms with Gasteiger partial charge >= 0.3 is 0 Å². The maximum absolute atomic E-state index is 12.4. The van der Waals surface area contributed by atoms with Crippen LogP contribution in [0.4, 0.5) is 5.69 Å². The Morgan fingerprint density at radius 1 is 1.29 bits per heavy atom. The molecule has 0 aliphatic carbocycles. The van der Waals surface area contributed by atoms with Crippen molar-refractivity contribution in [1.29, 1.82) is 5.26 Å². The minimum atomic E-state index is -3.60. The third kappa shape index (κ3) is 3.80. The van der Waals surface area contributed by atoms with Gasteiger partial charge < -0.3 is 0 Å². The number of halogens is 1. The van der Waals surface area contributed by atoms with Crippen molar-refractivity contribution in [1.82, 2.24) is 0 Å². The van der Waals surface area contributed by atoms with Crippen LogP contribution in [0.2, 0.25) is 0 Å². The van der Waals surface area contributed by atoms with Crippen molar-refractivity contribution in [2.45, 2.75) is 23.0 Å². The Bertz CT molecular complexity index is 799. The molecule has 0 radical (unpaired) electrons. The van der Waals surface area contributed by atoms with E-state index >= 15 is 0 Å². The summed E-state index contributed by atoms with van der Waals surface area (Å²) in [7, 11) is -3.60. The van der Waals surface area contributed by atoms with Gasteiger partial charge in [0.1, 0.15) is 9.61 Å². The number of rotatable bonds is 4. The average molecular weight is 403 g/mol. The molecule has 1 aromatic heterocycles. The van der Waals surface area contributed by atoms with Gasteiger partial charge in [-0.15, -0.1) is 11.3 Å². The van der Waals surface area contributed by atoms with Crippen LogP contribution in [0.25, 0.3) is 0 Å². The number of nitriles is 1. The van der Waals surface area contributed by atoms with E-state index in [9.17, 15) is 8.42 Å². The zero-order valence-electron chi connectivity index (χ0n) is 11.2. The number of aryl methyl sites for hydroxylation is 2. The van der Waals surface area contributed by atoms with Gasteiger partial charge in [-0.25, -0.2) is 8.42 Å². The lowest BCUT2D eigenvalue weighted by Crippen LogP contribution is -2.13. The number of anilines is 1. The highest BCUT2D eigenvalue weighted by Crippen LogP contribution is 2.31. The van der Waals surface area contributed by atoms with Crippen LogP contribution in [-0.2, 0) is 10.0 Å². The molecule has 0 fully saturated rings. The van der Waals surface area contributed by atoms with Crippen molar-refractivity contribution in [2.24, 2.45) is 0 Å². The van der Waals surface area contributed by atoms with Crippen molar-refractivity contribution >= 4 is 54.7 Å². The fraction of sp³-hybridized carbons (Fsp3) is 0.154. The number of hydrogen-bond acceptors (Lipinski definition) is 5. The molecule has 0 atom stereocenters. The molecule has 0 amide bonds. The van der Waals surface area contributed by atoms with Crippen molar-refractivity contribution < 1.29 is 8.42 Å². The van der Waals surface area contributed by atoms with E-state index in [2.05, 4.69) is 20.7 Å². The molecular formula is C13H11BrN2O2S3. The van der Waals surface area contributed by atoms with E-state index in [0.717, 1.165) is 42.9 Å². The van der Waals surface area contributed by atoms with Crippen molar-refractivity contribution in [2.75, 3.05) is 4.72 Å². The van der Waals surface area contributed by atoms with Crippen LogP contribution in [0.1, 0.15) is 11.1 Å². The summed E-state index contributed by atoms with van der Waals surface area (Å²) in [6.07, 6.45) is 0. The van der Waals surface area contributed by atoms with Gasteiger partial charge in [0.25, 0.3) is 10.0 Å². The highest BCUT2D eigenvalue weighted by molar-refractivity contribution is 9.11. The lowest BCUT2D eigenvalue weighted by atomic mass is 10.1. The summed E-state index contributed by atoms with van der Waals surface area (Å²) in [6, 6.07) is 6.85. The summed E-state index contributed by atoms with van der Waals surface area (Å²) in [6.45, 7) is 3.63. The molecule has 0 saturated carbocycles. The Morgan fingerprint density at radius 3 is 2.38 bits per heavy atom. The number of hydrogen-bond donors (Lipinski definition) is 1. The van der Waals surface area contributed by atoms with E-state index in [0.29, 0.717) is 5.69 Å². The summed E-state index contributed by atoms with van der Waals surface area (Å²) in [5.74, 6) is 0. The fourth-order valence-corrected chi connectivity index (χ4v) is 5.61. The largest absolute Gasteiger partial charge is 0.278 e. The van der Waals surface area contributed by atoms with Gasteiger partial charge in [0.2, 0.25) is 0 Å². The first kappa shape index (κ1) is 16.4. The Balaban J connectivity index is 2.38. The molecule has 0 unspecified atom stereocenters. The van der Waals surface area contributed by atoms with E-state index in [1.165, 1.54) is 0 Å². The Labute approximate surface area is 140 Å². The first-order valence-electron chi connectivity index (χ1n) is 5.79. The molecule has 2 rings (SSSR count). The quantitative estimate of drug-likeness (QED) is 0.603.